The third-order valence-corrected chi connectivity index (χ3v) is 10.2. The standard InChI is InChI=1S/C40H30/c1-39(2)33-11-6-5-10-28(33)31-21-32-30-20-26(16-19-34(30)40(3,4)36(32)22-35(31)39)27-17-14-25-13-12-23-8-7-9-24-15-18-29(27)38(25)37(23)24/h5-22H,1-4H3. The maximum atomic E-state index is 2.53. The second-order valence-corrected chi connectivity index (χ2v) is 13.0. The molecule has 0 fully saturated rings. The first kappa shape index (κ1) is 22.4. The summed E-state index contributed by atoms with van der Waals surface area (Å²) in [6.07, 6.45) is 0. The van der Waals surface area contributed by atoms with Crippen LogP contribution >= 0.6 is 0 Å². The van der Waals surface area contributed by atoms with Crippen molar-refractivity contribution < 1.29 is 0 Å². The van der Waals surface area contributed by atoms with Crippen LogP contribution in [0.2, 0.25) is 0 Å². The number of hydrogen-bond donors (Lipinski definition) is 0. The summed E-state index contributed by atoms with van der Waals surface area (Å²) in [5, 5.41) is 8.04. The summed E-state index contributed by atoms with van der Waals surface area (Å²) in [4.78, 5) is 0. The first-order valence-corrected chi connectivity index (χ1v) is 14.4. The molecule has 0 saturated carbocycles. The van der Waals surface area contributed by atoms with Gasteiger partial charge < -0.3 is 0 Å². The molecule has 0 spiro atoms. The van der Waals surface area contributed by atoms with Gasteiger partial charge in [-0.1, -0.05) is 125 Å². The van der Waals surface area contributed by atoms with Crippen LogP contribution in [0.3, 0.4) is 0 Å². The van der Waals surface area contributed by atoms with Gasteiger partial charge in [-0.25, -0.2) is 0 Å². The SMILES string of the molecule is CC1(C)c2ccccc2-c2cc3c(cc21)C(C)(C)c1ccc(-c2ccc4ccc5cccc6ccc2c4c56)cc1-3. The molecule has 0 unspecified atom stereocenters. The maximum absolute atomic E-state index is 2.53. The van der Waals surface area contributed by atoms with Crippen molar-refractivity contribution in [1.82, 2.24) is 0 Å². The minimum Gasteiger partial charge on any atom is -0.0619 e. The Morgan fingerprint density at radius 3 is 1.75 bits per heavy atom. The smallest absolute Gasteiger partial charge is 0.0158 e. The molecule has 7 aromatic rings. The fourth-order valence-corrected chi connectivity index (χ4v) is 8.10. The average Bonchev–Trinajstić information content (AvgIpc) is 3.34. The van der Waals surface area contributed by atoms with E-state index in [0.29, 0.717) is 0 Å². The molecule has 0 aliphatic heterocycles. The minimum absolute atomic E-state index is 0.0126. The highest BCUT2D eigenvalue weighted by atomic mass is 14.4. The van der Waals surface area contributed by atoms with E-state index in [1.807, 2.05) is 0 Å². The van der Waals surface area contributed by atoms with Crippen molar-refractivity contribution in [3.05, 3.63) is 131 Å². The van der Waals surface area contributed by atoms with Crippen molar-refractivity contribution in [3.63, 3.8) is 0 Å². The molecule has 0 heteroatoms. The molecule has 0 heterocycles. The first-order valence-electron chi connectivity index (χ1n) is 14.4. The Morgan fingerprint density at radius 1 is 0.375 bits per heavy atom. The van der Waals surface area contributed by atoms with Gasteiger partial charge in [-0.15, -0.1) is 0 Å². The molecule has 2 aliphatic carbocycles. The zero-order valence-corrected chi connectivity index (χ0v) is 23.4. The van der Waals surface area contributed by atoms with Crippen LogP contribution in [0.4, 0.5) is 0 Å². The van der Waals surface area contributed by atoms with Gasteiger partial charge in [0.1, 0.15) is 0 Å². The van der Waals surface area contributed by atoms with E-state index in [1.54, 1.807) is 0 Å². The maximum Gasteiger partial charge on any atom is 0.0158 e. The zero-order valence-electron chi connectivity index (χ0n) is 23.4. The van der Waals surface area contributed by atoms with Crippen LogP contribution in [0.25, 0.3) is 65.7 Å². The largest absolute Gasteiger partial charge is 0.0619 e. The lowest BCUT2D eigenvalue weighted by atomic mass is 9.77. The van der Waals surface area contributed by atoms with Crippen LogP contribution < -0.4 is 0 Å². The summed E-state index contributed by atoms with van der Waals surface area (Å²) >= 11 is 0. The third kappa shape index (κ3) is 2.62. The average molecular weight is 511 g/mol. The topological polar surface area (TPSA) is 0 Å². The van der Waals surface area contributed by atoms with Crippen molar-refractivity contribution >= 4 is 32.3 Å². The fraction of sp³-hybridized carbons (Fsp3) is 0.150. The molecule has 7 aromatic carbocycles. The molecule has 0 N–H and O–H groups in total. The Kier molecular flexibility index (Phi) is 4.03. The lowest BCUT2D eigenvalue weighted by molar-refractivity contribution is 0.639. The van der Waals surface area contributed by atoms with Crippen molar-refractivity contribution in [1.29, 1.82) is 0 Å². The van der Waals surface area contributed by atoms with E-state index in [4.69, 9.17) is 0 Å². The summed E-state index contributed by atoms with van der Waals surface area (Å²) in [7, 11) is 0. The van der Waals surface area contributed by atoms with Crippen molar-refractivity contribution in [2.24, 2.45) is 0 Å². The van der Waals surface area contributed by atoms with Crippen LogP contribution in [-0.4, -0.2) is 0 Å². The third-order valence-electron chi connectivity index (χ3n) is 10.2. The highest BCUT2D eigenvalue weighted by molar-refractivity contribution is 6.25. The number of benzene rings is 7. The molecule has 0 nitrogen and oxygen atoms in total. The molecule has 0 saturated heterocycles. The van der Waals surface area contributed by atoms with Crippen LogP contribution in [-0.2, 0) is 10.8 Å². The van der Waals surface area contributed by atoms with E-state index >= 15 is 0 Å². The molecule has 40 heavy (non-hydrogen) atoms. The Labute approximate surface area is 235 Å². The highest BCUT2D eigenvalue weighted by Gasteiger charge is 2.41. The second-order valence-electron chi connectivity index (χ2n) is 13.0. The van der Waals surface area contributed by atoms with Gasteiger partial charge >= 0.3 is 0 Å². The Hall–Kier alpha value is -4.42. The highest BCUT2D eigenvalue weighted by Crippen LogP contribution is 2.56. The van der Waals surface area contributed by atoms with Gasteiger partial charge in [0, 0.05) is 10.8 Å². The van der Waals surface area contributed by atoms with E-state index in [1.165, 1.54) is 88.0 Å². The summed E-state index contributed by atoms with van der Waals surface area (Å²) in [6.45, 7) is 9.56. The van der Waals surface area contributed by atoms with Crippen LogP contribution in [0.15, 0.2) is 109 Å². The molecular formula is C40H30. The molecule has 190 valence electrons. The molecular weight excluding hydrogens is 480 g/mol. The molecule has 0 bridgehead atoms. The fourth-order valence-electron chi connectivity index (χ4n) is 8.10. The Bertz CT molecular complexity index is 2190. The van der Waals surface area contributed by atoms with Gasteiger partial charge in [0.15, 0.2) is 0 Å². The van der Waals surface area contributed by atoms with E-state index in [0.717, 1.165) is 0 Å². The van der Waals surface area contributed by atoms with Gasteiger partial charge in [-0.05, 0) is 100 Å². The van der Waals surface area contributed by atoms with Crippen LogP contribution in [0.5, 0.6) is 0 Å². The summed E-state index contributed by atoms with van der Waals surface area (Å²) in [6, 6.07) is 41.6. The molecule has 0 radical (unpaired) electrons. The normalized spacial score (nSPS) is 15.9. The molecule has 0 aromatic heterocycles. The number of rotatable bonds is 1. The monoisotopic (exact) mass is 510 g/mol. The van der Waals surface area contributed by atoms with Gasteiger partial charge in [0.25, 0.3) is 0 Å². The Balaban J connectivity index is 1.30. The summed E-state index contributed by atoms with van der Waals surface area (Å²) < 4.78 is 0. The molecule has 9 rings (SSSR count). The molecule has 0 atom stereocenters. The minimum atomic E-state index is -0.0360. The van der Waals surface area contributed by atoms with Gasteiger partial charge in [0.05, 0.1) is 0 Å². The van der Waals surface area contributed by atoms with E-state index in [2.05, 4.69) is 137 Å². The number of fused-ring (bicyclic) bond motifs is 6. The van der Waals surface area contributed by atoms with E-state index in [-0.39, 0.29) is 10.8 Å². The predicted octanol–water partition coefficient (Wildman–Crippen LogP) is 10.9. The summed E-state index contributed by atoms with van der Waals surface area (Å²) in [5.74, 6) is 0. The van der Waals surface area contributed by atoms with Crippen LogP contribution in [0, 0.1) is 0 Å². The Morgan fingerprint density at radius 2 is 0.975 bits per heavy atom. The van der Waals surface area contributed by atoms with Crippen molar-refractivity contribution in [3.8, 4) is 33.4 Å². The van der Waals surface area contributed by atoms with Gasteiger partial charge in [0.2, 0.25) is 0 Å². The van der Waals surface area contributed by atoms with Crippen molar-refractivity contribution in [2.45, 2.75) is 38.5 Å². The summed E-state index contributed by atoms with van der Waals surface area (Å²) in [5.41, 5.74) is 13.9. The zero-order chi connectivity index (χ0) is 27.0. The second kappa shape index (κ2) is 7.20. The molecule has 0 amide bonds. The van der Waals surface area contributed by atoms with E-state index < -0.39 is 0 Å². The van der Waals surface area contributed by atoms with Gasteiger partial charge in [-0.3, -0.25) is 0 Å². The predicted molar refractivity (Wildman–Crippen MR) is 171 cm³/mol. The molecule has 2 aliphatic rings. The van der Waals surface area contributed by atoms with E-state index in [9.17, 15) is 0 Å². The van der Waals surface area contributed by atoms with Gasteiger partial charge in [-0.2, -0.15) is 0 Å². The van der Waals surface area contributed by atoms with Crippen LogP contribution in [0.1, 0.15) is 49.9 Å². The quantitative estimate of drug-likeness (QED) is 0.193. The lowest BCUT2D eigenvalue weighted by Crippen LogP contribution is -2.18. The first-order chi connectivity index (χ1) is 19.3. The lowest BCUT2D eigenvalue weighted by Gasteiger charge is -2.25. The number of hydrogen-bond acceptors (Lipinski definition) is 0. The van der Waals surface area contributed by atoms with Crippen molar-refractivity contribution in [2.75, 3.05) is 0 Å².